The fourth-order valence-electron chi connectivity index (χ4n) is 2.04. The molecule has 1 fully saturated rings. The van der Waals surface area contributed by atoms with Gasteiger partial charge in [0.1, 0.15) is 0 Å². The van der Waals surface area contributed by atoms with Crippen molar-refractivity contribution in [3.05, 3.63) is 0 Å². The molecule has 4 nitrogen and oxygen atoms in total. The van der Waals surface area contributed by atoms with Gasteiger partial charge in [0.25, 0.3) is 0 Å². The van der Waals surface area contributed by atoms with Gasteiger partial charge in [0.2, 0.25) is 0 Å². The number of carboxylic acid groups (broad SMARTS) is 1. The second-order valence-electron chi connectivity index (χ2n) is 4.23. The molecule has 1 aliphatic heterocycles. The highest BCUT2D eigenvalue weighted by molar-refractivity contribution is 5.75. The standard InChI is InChI=1S/C10H16N2O2/c1-8(2)10(9(13)14)3-5-12(7-10)6-4-11/h8H,3,5-7H2,1-2H3,(H,13,14). The first-order valence-electron chi connectivity index (χ1n) is 4.85. The van der Waals surface area contributed by atoms with Gasteiger partial charge in [-0.2, -0.15) is 5.26 Å². The molecule has 1 N–H and O–H groups in total. The Kier molecular flexibility index (Phi) is 3.12. The highest BCUT2D eigenvalue weighted by atomic mass is 16.4. The van der Waals surface area contributed by atoms with Crippen molar-refractivity contribution >= 4 is 5.97 Å². The van der Waals surface area contributed by atoms with Crippen molar-refractivity contribution in [2.75, 3.05) is 19.6 Å². The molecule has 78 valence electrons. The summed E-state index contributed by atoms with van der Waals surface area (Å²) in [6.07, 6.45) is 0.654. The fraction of sp³-hybridized carbons (Fsp3) is 0.800. The van der Waals surface area contributed by atoms with E-state index in [1.165, 1.54) is 0 Å². The van der Waals surface area contributed by atoms with Crippen molar-refractivity contribution in [2.45, 2.75) is 20.3 Å². The summed E-state index contributed by atoms with van der Waals surface area (Å²) in [5.41, 5.74) is -0.642. The number of carbonyl (C=O) groups is 1. The minimum atomic E-state index is -0.729. The van der Waals surface area contributed by atoms with Crippen molar-refractivity contribution in [2.24, 2.45) is 11.3 Å². The third-order valence-corrected chi connectivity index (χ3v) is 3.21. The predicted octanol–water partition coefficient (Wildman–Crippen LogP) is 0.943. The molecule has 14 heavy (non-hydrogen) atoms. The van der Waals surface area contributed by atoms with Gasteiger partial charge in [-0.05, 0) is 12.3 Å². The van der Waals surface area contributed by atoms with E-state index in [2.05, 4.69) is 6.07 Å². The lowest BCUT2D eigenvalue weighted by Crippen LogP contribution is -2.39. The Labute approximate surface area is 84.1 Å². The zero-order chi connectivity index (χ0) is 10.8. The van der Waals surface area contributed by atoms with E-state index in [-0.39, 0.29) is 5.92 Å². The zero-order valence-electron chi connectivity index (χ0n) is 8.66. The molecule has 1 aliphatic rings. The van der Waals surface area contributed by atoms with Gasteiger partial charge < -0.3 is 5.11 Å². The number of nitriles is 1. The number of hydrogen-bond acceptors (Lipinski definition) is 3. The molecule has 0 spiro atoms. The van der Waals surface area contributed by atoms with Gasteiger partial charge >= 0.3 is 5.97 Å². The molecule has 0 radical (unpaired) electrons. The van der Waals surface area contributed by atoms with Crippen LogP contribution in [-0.2, 0) is 4.79 Å². The first-order chi connectivity index (χ1) is 6.53. The van der Waals surface area contributed by atoms with Crippen LogP contribution >= 0.6 is 0 Å². The first kappa shape index (κ1) is 11.0. The lowest BCUT2D eigenvalue weighted by atomic mass is 9.76. The summed E-state index contributed by atoms with van der Waals surface area (Å²) in [5, 5.41) is 17.7. The van der Waals surface area contributed by atoms with Gasteiger partial charge in [0, 0.05) is 13.1 Å². The third-order valence-electron chi connectivity index (χ3n) is 3.21. The Morgan fingerprint density at radius 3 is 2.71 bits per heavy atom. The number of nitrogens with zero attached hydrogens (tertiary/aromatic N) is 2. The van der Waals surface area contributed by atoms with Crippen LogP contribution in [0.5, 0.6) is 0 Å². The Bertz CT molecular complexity index is 270. The fourth-order valence-corrected chi connectivity index (χ4v) is 2.04. The average molecular weight is 196 g/mol. The SMILES string of the molecule is CC(C)C1(C(=O)O)CCN(CC#N)C1. The molecule has 0 saturated carbocycles. The molecule has 1 saturated heterocycles. The molecule has 4 heteroatoms. The number of aliphatic carboxylic acids is 1. The molecule has 1 rings (SSSR count). The molecule has 1 unspecified atom stereocenters. The van der Waals surface area contributed by atoms with Crippen LogP contribution in [0.2, 0.25) is 0 Å². The maximum absolute atomic E-state index is 11.2. The minimum absolute atomic E-state index is 0.115. The highest BCUT2D eigenvalue weighted by Crippen LogP contribution is 2.37. The summed E-state index contributed by atoms with van der Waals surface area (Å²) >= 11 is 0. The molecule has 0 aliphatic carbocycles. The van der Waals surface area contributed by atoms with Crippen LogP contribution in [0.3, 0.4) is 0 Å². The molecule has 0 bridgehead atoms. The van der Waals surface area contributed by atoms with E-state index in [1.807, 2.05) is 18.7 Å². The molecule has 0 aromatic rings. The van der Waals surface area contributed by atoms with Gasteiger partial charge in [0.15, 0.2) is 0 Å². The summed E-state index contributed by atoms with van der Waals surface area (Å²) in [6.45, 7) is 5.43. The van der Waals surface area contributed by atoms with Crippen LogP contribution in [0.15, 0.2) is 0 Å². The first-order valence-corrected chi connectivity index (χ1v) is 4.85. The Morgan fingerprint density at radius 1 is 1.71 bits per heavy atom. The summed E-state index contributed by atoms with van der Waals surface area (Å²) in [5.74, 6) is -0.614. The lowest BCUT2D eigenvalue weighted by Gasteiger charge is -2.28. The van der Waals surface area contributed by atoms with Crippen molar-refractivity contribution in [3.63, 3.8) is 0 Å². The van der Waals surface area contributed by atoms with Crippen molar-refractivity contribution in [1.29, 1.82) is 5.26 Å². The van der Waals surface area contributed by atoms with E-state index in [4.69, 9.17) is 5.26 Å². The van der Waals surface area contributed by atoms with Crippen molar-refractivity contribution in [1.82, 2.24) is 4.90 Å². The molecule has 1 heterocycles. The monoisotopic (exact) mass is 196 g/mol. The molecular formula is C10H16N2O2. The van der Waals surface area contributed by atoms with Crippen LogP contribution in [0, 0.1) is 22.7 Å². The summed E-state index contributed by atoms with van der Waals surface area (Å²) in [4.78, 5) is 13.1. The molecule has 0 aromatic carbocycles. The van der Waals surface area contributed by atoms with Gasteiger partial charge in [-0.15, -0.1) is 0 Å². The van der Waals surface area contributed by atoms with Gasteiger partial charge in [0.05, 0.1) is 18.0 Å². The van der Waals surface area contributed by atoms with Gasteiger partial charge in [-0.3, -0.25) is 9.69 Å². The van der Waals surface area contributed by atoms with Crippen LogP contribution in [-0.4, -0.2) is 35.6 Å². The molecule has 0 amide bonds. The van der Waals surface area contributed by atoms with E-state index in [0.29, 0.717) is 19.5 Å². The lowest BCUT2D eigenvalue weighted by molar-refractivity contribution is -0.150. The van der Waals surface area contributed by atoms with Gasteiger partial charge in [-0.25, -0.2) is 0 Å². The Balaban J connectivity index is 2.76. The second kappa shape index (κ2) is 3.97. The molecule has 0 aromatic heterocycles. The summed E-state index contributed by atoms with van der Waals surface area (Å²) < 4.78 is 0. The van der Waals surface area contributed by atoms with Crippen LogP contribution < -0.4 is 0 Å². The normalized spacial score (nSPS) is 27.9. The third kappa shape index (κ3) is 1.73. The number of rotatable bonds is 3. The minimum Gasteiger partial charge on any atom is -0.481 e. The second-order valence-corrected chi connectivity index (χ2v) is 4.23. The van der Waals surface area contributed by atoms with Crippen LogP contribution in [0.1, 0.15) is 20.3 Å². The van der Waals surface area contributed by atoms with Crippen LogP contribution in [0.25, 0.3) is 0 Å². The summed E-state index contributed by atoms with van der Waals surface area (Å²) in [6, 6.07) is 2.06. The van der Waals surface area contributed by atoms with Crippen LogP contribution in [0.4, 0.5) is 0 Å². The predicted molar refractivity (Wildman–Crippen MR) is 51.6 cm³/mol. The largest absolute Gasteiger partial charge is 0.481 e. The van der Waals surface area contributed by atoms with E-state index < -0.39 is 11.4 Å². The Hall–Kier alpha value is -1.08. The quantitative estimate of drug-likeness (QED) is 0.682. The topological polar surface area (TPSA) is 64.3 Å². The molecular weight excluding hydrogens is 180 g/mol. The maximum Gasteiger partial charge on any atom is 0.311 e. The van der Waals surface area contributed by atoms with E-state index >= 15 is 0 Å². The van der Waals surface area contributed by atoms with Crippen molar-refractivity contribution in [3.8, 4) is 6.07 Å². The van der Waals surface area contributed by atoms with E-state index in [1.54, 1.807) is 0 Å². The van der Waals surface area contributed by atoms with Crippen molar-refractivity contribution < 1.29 is 9.90 Å². The smallest absolute Gasteiger partial charge is 0.311 e. The highest BCUT2D eigenvalue weighted by Gasteiger charge is 2.46. The summed E-state index contributed by atoms with van der Waals surface area (Å²) in [7, 11) is 0. The number of carboxylic acids is 1. The molecule has 1 atom stereocenters. The van der Waals surface area contributed by atoms with E-state index in [0.717, 1.165) is 6.54 Å². The number of hydrogen-bond donors (Lipinski definition) is 1. The average Bonchev–Trinajstić information content (AvgIpc) is 2.50. The maximum atomic E-state index is 11.2. The van der Waals surface area contributed by atoms with E-state index in [9.17, 15) is 9.90 Å². The van der Waals surface area contributed by atoms with Gasteiger partial charge in [-0.1, -0.05) is 13.8 Å². The number of likely N-dealkylation sites (tertiary alicyclic amines) is 1. The zero-order valence-corrected chi connectivity index (χ0v) is 8.66. The Morgan fingerprint density at radius 2 is 2.36 bits per heavy atom.